The van der Waals surface area contributed by atoms with Gasteiger partial charge in [0, 0.05) is 16.1 Å². The highest BCUT2D eigenvalue weighted by atomic mass is 35.5. The van der Waals surface area contributed by atoms with Crippen molar-refractivity contribution in [1.29, 1.82) is 0 Å². The van der Waals surface area contributed by atoms with E-state index in [4.69, 9.17) is 21.1 Å². The number of hydrogen-bond acceptors (Lipinski definition) is 2. The zero-order chi connectivity index (χ0) is 18.4. The van der Waals surface area contributed by atoms with Gasteiger partial charge in [-0.25, -0.2) is 0 Å². The predicted molar refractivity (Wildman–Crippen MR) is 104 cm³/mol. The molecule has 0 amide bonds. The molecule has 1 saturated heterocycles. The molecule has 26 heavy (non-hydrogen) atoms. The summed E-state index contributed by atoms with van der Waals surface area (Å²) >= 11 is 5.97. The van der Waals surface area contributed by atoms with Crippen LogP contribution in [0.4, 0.5) is 0 Å². The van der Waals surface area contributed by atoms with Crippen molar-refractivity contribution in [3.63, 3.8) is 0 Å². The van der Waals surface area contributed by atoms with Gasteiger partial charge >= 0.3 is 0 Å². The fraction of sp³-hybridized carbons (Fsp3) is 0.429. The van der Waals surface area contributed by atoms with Crippen LogP contribution in [0.1, 0.15) is 18.1 Å². The van der Waals surface area contributed by atoms with Gasteiger partial charge < -0.3 is 19.3 Å². The first kappa shape index (κ1) is 19.0. The van der Waals surface area contributed by atoms with E-state index in [2.05, 4.69) is 24.3 Å². The van der Waals surface area contributed by atoms with Crippen molar-refractivity contribution in [3.8, 4) is 11.5 Å². The third-order valence-electron chi connectivity index (χ3n) is 5.01. The van der Waals surface area contributed by atoms with Crippen molar-refractivity contribution in [2.24, 2.45) is 0 Å². The fourth-order valence-electron chi connectivity index (χ4n) is 3.59. The first-order valence-electron chi connectivity index (χ1n) is 9.39. The largest absolute Gasteiger partial charge is 0.493 e. The van der Waals surface area contributed by atoms with Gasteiger partial charge in [0.15, 0.2) is 11.5 Å². The number of quaternary nitrogens is 2. The van der Waals surface area contributed by atoms with E-state index in [9.17, 15) is 0 Å². The Hall–Kier alpha value is -1.75. The first-order chi connectivity index (χ1) is 12.7. The molecule has 0 saturated carbocycles. The molecule has 1 aliphatic rings. The second-order valence-electron chi connectivity index (χ2n) is 6.90. The molecule has 0 radical (unpaired) electrons. The maximum absolute atomic E-state index is 5.97. The molecular weight excluding hydrogens is 348 g/mol. The number of nitrogens with one attached hydrogen (secondary N) is 2. The molecule has 0 unspecified atom stereocenters. The lowest BCUT2D eigenvalue weighted by molar-refractivity contribution is -1.02. The van der Waals surface area contributed by atoms with Gasteiger partial charge in [-0.15, -0.1) is 0 Å². The van der Waals surface area contributed by atoms with Crippen LogP contribution >= 0.6 is 11.6 Å². The summed E-state index contributed by atoms with van der Waals surface area (Å²) < 4.78 is 11.1. The van der Waals surface area contributed by atoms with Crippen LogP contribution in [0.15, 0.2) is 42.5 Å². The van der Waals surface area contributed by atoms with Gasteiger partial charge in [-0.05, 0) is 37.3 Å². The summed E-state index contributed by atoms with van der Waals surface area (Å²) in [6.07, 6.45) is 0. The number of hydrogen-bond donors (Lipinski definition) is 2. The summed E-state index contributed by atoms with van der Waals surface area (Å²) in [7, 11) is 1.69. The number of benzene rings is 2. The maximum atomic E-state index is 5.97. The van der Waals surface area contributed by atoms with Crippen molar-refractivity contribution in [1.82, 2.24) is 0 Å². The zero-order valence-electron chi connectivity index (χ0n) is 15.7. The standard InChI is InChI=1S/C21H27ClN2O2/c1-3-26-21-14-18(6-9-20(21)25-2)16-24-12-10-23(11-13-24)15-17-4-7-19(22)8-5-17/h4-9,14H,3,10-13,15-16H2,1-2H3/p+2. The van der Waals surface area contributed by atoms with E-state index in [1.807, 2.05) is 25.1 Å². The van der Waals surface area contributed by atoms with E-state index in [1.54, 1.807) is 16.9 Å². The number of rotatable bonds is 7. The molecule has 2 N–H and O–H groups in total. The van der Waals surface area contributed by atoms with E-state index in [0.29, 0.717) is 6.61 Å². The highest BCUT2D eigenvalue weighted by molar-refractivity contribution is 6.30. The molecule has 2 aromatic carbocycles. The van der Waals surface area contributed by atoms with Crippen LogP contribution in [0.3, 0.4) is 0 Å². The Morgan fingerprint density at radius 2 is 1.42 bits per heavy atom. The van der Waals surface area contributed by atoms with Crippen LogP contribution < -0.4 is 19.3 Å². The van der Waals surface area contributed by atoms with E-state index in [-0.39, 0.29) is 0 Å². The lowest BCUT2D eigenvalue weighted by Gasteiger charge is -2.30. The summed E-state index contributed by atoms with van der Waals surface area (Å²) in [5.41, 5.74) is 2.68. The SMILES string of the molecule is CCOc1cc(C[NH+]2CC[NH+](Cc3ccc(Cl)cc3)CC2)ccc1OC. The highest BCUT2D eigenvalue weighted by Crippen LogP contribution is 2.27. The molecule has 4 nitrogen and oxygen atoms in total. The van der Waals surface area contributed by atoms with Crippen LogP contribution in [0, 0.1) is 0 Å². The molecule has 0 atom stereocenters. The predicted octanol–water partition coefficient (Wildman–Crippen LogP) is 1.23. The Morgan fingerprint density at radius 3 is 2.00 bits per heavy atom. The summed E-state index contributed by atoms with van der Waals surface area (Å²) in [6, 6.07) is 14.5. The van der Waals surface area contributed by atoms with Crippen LogP contribution in [0.2, 0.25) is 5.02 Å². The Bertz CT molecular complexity index is 698. The topological polar surface area (TPSA) is 27.3 Å². The van der Waals surface area contributed by atoms with E-state index in [0.717, 1.165) is 29.6 Å². The summed E-state index contributed by atoms with van der Waals surface area (Å²) in [5.74, 6) is 1.65. The minimum Gasteiger partial charge on any atom is -0.493 e. The number of methoxy groups -OCH3 is 1. The van der Waals surface area contributed by atoms with E-state index < -0.39 is 0 Å². The molecule has 5 heteroatoms. The molecule has 1 aliphatic heterocycles. The van der Waals surface area contributed by atoms with Crippen molar-refractivity contribution in [2.75, 3.05) is 39.9 Å². The van der Waals surface area contributed by atoms with Gasteiger partial charge in [0.2, 0.25) is 0 Å². The number of halogens is 1. The lowest BCUT2D eigenvalue weighted by atomic mass is 10.1. The van der Waals surface area contributed by atoms with Gasteiger partial charge in [0.25, 0.3) is 0 Å². The molecule has 0 bridgehead atoms. The molecular formula is C21H29ClN2O2+2. The molecule has 0 aliphatic carbocycles. The summed E-state index contributed by atoms with van der Waals surface area (Å²) in [6.45, 7) is 9.57. The van der Waals surface area contributed by atoms with Crippen molar-refractivity contribution >= 4 is 11.6 Å². The Morgan fingerprint density at radius 1 is 0.846 bits per heavy atom. The second kappa shape index (κ2) is 9.26. The van der Waals surface area contributed by atoms with E-state index >= 15 is 0 Å². The smallest absolute Gasteiger partial charge is 0.161 e. The van der Waals surface area contributed by atoms with Crippen LogP contribution in [0.5, 0.6) is 11.5 Å². The van der Waals surface area contributed by atoms with Crippen molar-refractivity contribution < 1.29 is 19.3 Å². The van der Waals surface area contributed by atoms with Gasteiger partial charge in [-0.1, -0.05) is 23.7 Å². The van der Waals surface area contributed by atoms with Gasteiger partial charge in [-0.3, -0.25) is 0 Å². The monoisotopic (exact) mass is 376 g/mol. The molecule has 140 valence electrons. The third kappa shape index (κ3) is 5.13. The van der Waals surface area contributed by atoms with Gasteiger partial charge in [0.1, 0.15) is 39.3 Å². The highest BCUT2D eigenvalue weighted by Gasteiger charge is 2.23. The zero-order valence-corrected chi connectivity index (χ0v) is 16.4. The molecule has 1 fully saturated rings. The molecule has 0 aromatic heterocycles. The normalized spacial score (nSPS) is 20.0. The summed E-state index contributed by atoms with van der Waals surface area (Å²) in [4.78, 5) is 3.29. The quantitative estimate of drug-likeness (QED) is 0.760. The van der Waals surface area contributed by atoms with Crippen LogP contribution in [-0.4, -0.2) is 39.9 Å². The Kier molecular flexibility index (Phi) is 6.78. The molecule has 2 aromatic rings. The Labute approximate surface area is 161 Å². The lowest BCUT2D eigenvalue weighted by Crippen LogP contribution is -3.27. The third-order valence-corrected chi connectivity index (χ3v) is 5.27. The minimum atomic E-state index is 0.652. The van der Waals surface area contributed by atoms with E-state index in [1.165, 1.54) is 37.3 Å². The fourth-order valence-corrected chi connectivity index (χ4v) is 3.72. The molecule has 1 heterocycles. The average molecular weight is 377 g/mol. The number of ether oxygens (including phenoxy) is 2. The first-order valence-corrected chi connectivity index (χ1v) is 9.77. The maximum Gasteiger partial charge on any atom is 0.161 e. The van der Waals surface area contributed by atoms with Crippen molar-refractivity contribution in [3.05, 3.63) is 58.6 Å². The van der Waals surface area contributed by atoms with Gasteiger partial charge in [0.05, 0.1) is 13.7 Å². The Balaban J connectivity index is 1.52. The minimum absolute atomic E-state index is 0.652. The molecule has 0 spiro atoms. The number of piperazine rings is 1. The van der Waals surface area contributed by atoms with Gasteiger partial charge in [-0.2, -0.15) is 0 Å². The van der Waals surface area contributed by atoms with Crippen LogP contribution in [0.25, 0.3) is 0 Å². The van der Waals surface area contributed by atoms with Crippen molar-refractivity contribution in [2.45, 2.75) is 20.0 Å². The second-order valence-corrected chi connectivity index (χ2v) is 7.33. The van der Waals surface area contributed by atoms with Crippen LogP contribution in [-0.2, 0) is 13.1 Å². The molecule has 3 rings (SSSR count). The average Bonchev–Trinajstić information content (AvgIpc) is 2.66. The summed E-state index contributed by atoms with van der Waals surface area (Å²) in [5, 5.41) is 0.809.